The van der Waals surface area contributed by atoms with Crippen LogP contribution in [0.5, 0.6) is 0 Å². The van der Waals surface area contributed by atoms with Gasteiger partial charge in [-0.2, -0.15) is 0 Å². The minimum Gasteiger partial charge on any atom is -0.368 e. The number of aryl methyl sites for hydroxylation is 1. The quantitative estimate of drug-likeness (QED) is 0.267. The number of amides is 1. The van der Waals surface area contributed by atoms with Crippen LogP contribution in [0.15, 0.2) is 46.8 Å². The average molecular weight is 444 g/mol. The summed E-state index contributed by atoms with van der Waals surface area (Å²) in [4.78, 5) is 27.0. The highest BCUT2D eigenvalue weighted by atomic mass is 32.2. The number of non-ortho nitro benzene ring substituents is 1. The predicted molar refractivity (Wildman–Crippen MR) is 114 cm³/mol. The van der Waals surface area contributed by atoms with Gasteiger partial charge < -0.3 is 5.73 Å². The number of nitro groups is 1. The second-order valence-corrected chi connectivity index (χ2v) is 9.44. The molecule has 0 saturated carbocycles. The van der Waals surface area contributed by atoms with E-state index >= 15 is 0 Å². The minimum absolute atomic E-state index is 0.00721. The van der Waals surface area contributed by atoms with Gasteiger partial charge >= 0.3 is 0 Å². The number of nitrogens with zero attached hydrogens (tertiary/aromatic N) is 4. The molecule has 0 spiro atoms. The molecule has 0 bridgehead atoms. The van der Waals surface area contributed by atoms with Gasteiger partial charge in [0.05, 0.1) is 15.1 Å². The van der Waals surface area contributed by atoms with Crippen molar-refractivity contribution in [3.8, 4) is 10.6 Å². The molecule has 4 aromatic rings. The Bertz CT molecular complexity index is 1220. The Morgan fingerprint density at radius 3 is 2.59 bits per heavy atom. The Hall–Kier alpha value is -2.89. The van der Waals surface area contributed by atoms with E-state index in [4.69, 9.17) is 5.73 Å². The third-order valence-corrected chi connectivity index (χ3v) is 7.59. The number of benzene rings is 2. The summed E-state index contributed by atoms with van der Waals surface area (Å²) < 4.78 is 1.56. The minimum atomic E-state index is -0.676. The monoisotopic (exact) mass is 443 g/mol. The van der Waals surface area contributed by atoms with Crippen LogP contribution < -0.4 is 5.73 Å². The summed E-state index contributed by atoms with van der Waals surface area (Å²) >= 11 is 3.93. The smallest absolute Gasteiger partial charge is 0.269 e. The second kappa shape index (κ2) is 7.85. The normalized spacial score (nSPS) is 12.2. The maximum Gasteiger partial charge on any atom is 0.269 e. The lowest BCUT2D eigenvalue weighted by molar-refractivity contribution is -0.384. The number of thiazole rings is 1. The Balaban J connectivity index is 1.60. The zero-order valence-electron chi connectivity index (χ0n) is 14.9. The first-order valence-electron chi connectivity index (χ1n) is 8.33. The number of carbonyl (C=O) groups is 1. The van der Waals surface area contributed by atoms with Gasteiger partial charge in [-0.25, -0.2) is 4.98 Å². The number of primary amides is 1. The van der Waals surface area contributed by atoms with Gasteiger partial charge in [-0.05, 0) is 30.7 Å². The van der Waals surface area contributed by atoms with Crippen LogP contribution in [0.2, 0.25) is 0 Å². The van der Waals surface area contributed by atoms with E-state index in [1.165, 1.54) is 46.6 Å². The number of nitrogens with two attached hydrogens (primary N) is 1. The van der Waals surface area contributed by atoms with Crippen LogP contribution in [0.25, 0.3) is 20.8 Å². The predicted octanol–water partition coefficient (Wildman–Crippen LogP) is 4.35. The maximum absolute atomic E-state index is 12.1. The molecule has 1 unspecified atom stereocenters. The van der Waals surface area contributed by atoms with Crippen molar-refractivity contribution in [2.24, 2.45) is 5.73 Å². The number of fused-ring (bicyclic) bond motifs is 1. The lowest BCUT2D eigenvalue weighted by Gasteiger charge is -2.06. The number of para-hydroxylation sites is 1. The molecule has 0 aliphatic carbocycles. The van der Waals surface area contributed by atoms with Gasteiger partial charge in [0.15, 0.2) is 4.34 Å². The molecule has 2 aromatic carbocycles. The van der Waals surface area contributed by atoms with Gasteiger partial charge in [-0.1, -0.05) is 35.2 Å². The van der Waals surface area contributed by atoms with E-state index in [0.29, 0.717) is 19.9 Å². The van der Waals surface area contributed by atoms with Crippen molar-refractivity contribution < 1.29 is 9.72 Å². The van der Waals surface area contributed by atoms with Crippen molar-refractivity contribution in [3.05, 3.63) is 63.1 Å². The fourth-order valence-electron chi connectivity index (χ4n) is 2.65. The zero-order chi connectivity index (χ0) is 20.5. The van der Waals surface area contributed by atoms with Gasteiger partial charge in [0.2, 0.25) is 5.91 Å². The van der Waals surface area contributed by atoms with Crippen molar-refractivity contribution >= 4 is 56.2 Å². The number of thioether (sulfide) groups is 1. The molecule has 0 aliphatic rings. The first kappa shape index (κ1) is 19.4. The standard InChI is InChI=1S/C18H13N5O3S3/c1-9-3-2-4-12-13(9)20-17(27-12)14(15(19)24)28-18-22-21-16(29-18)10-5-7-11(8-6-10)23(25)26/h2-8,14H,1H3,(H2,19,24). The third-order valence-electron chi connectivity index (χ3n) is 4.07. The van der Waals surface area contributed by atoms with Crippen molar-refractivity contribution in [1.82, 2.24) is 15.2 Å². The van der Waals surface area contributed by atoms with Crippen LogP contribution in [0.1, 0.15) is 15.8 Å². The molecule has 1 atom stereocenters. The van der Waals surface area contributed by atoms with Crippen molar-refractivity contribution in [2.45, 2.75) is 16.5 Å². The fourth-order valence-corrected chi connectivity index (χ4v) is 5.83. The van der Waals surface area contributed by atoms with E-state index in [9.17, 15) is 14.9 Å². The van der Waals surface area contributed by atoms with E-state index in [1.807, 2.05) is 25.1 Å². The number of hydrogen-bond acceptors (Lipinski definition) is 9. The zero-order valence-corrected chi connectivity index (χ0v) is 17.4. The first-order chi connectivity index (χ1) is 13.9. The molecule has 2 N–H and O–H groups in total. The Morgan fingerprint density at radius 1 is 1.17 bits per heavy atom. The van der Waals surface area contributed by atoms with Gasteiger partial charge in [0.1, 0.15) is 15.3 Å². The fraction of sp³-hybridized carbons (Fsp3) is 0.111. The summed E-state index contributed by atoms with van der Waals surface area (Å²) in [7, 11) is 0. The van der Waals surface area contributed by atoms with Gasteiger partial charge in [-0.15, -0.1) is 21.5 Å². The molecule has 146 valence electrons. The van der Waals surface area contributed by atoms with Gasteiger partial charge in [0, 0.05) is 17.7 Å². The largest absolute Gasteiger partial charge is 0.368 e. The van der Waals surface area contributed by atoms with E-state index in [1.54, 1.807) is 12.1 Å². The number of nitro benzene ring substituents is 1. The van der Waals surface area contributed by atoms with Gasteiger partial charge in [0.25, 0.3) is 5.69 Å². The molecule has 0 fully saturated rings. The maximum atomic E-state index is 12.1. The van der Waals surface area contributed by atoms with Crippen LogP contribution in [0.4, 0.5) is 5.69 Å². The summed E-state index contributed by atoms with van der Waals surface area (Å²) in [6.45, 7) is 1.97. The molecule has 8 nitrogen and oxygen atoms in total. The SMILES string of the molecule is Cc1cccc2sc(C(Sc3nnc(-c4ccc([N+](=O)[O-])cc4)s3)C(N)=O)nc12. The van der Waals surface area contributed by atoms with E-state index < -0.39 is 16.1 Å². The van der Waals surface area contributed by atoms with Crippen molar-refractivity contribution in [1.29, 1.82) is 0 Å². The van der Waals surface area contributed by atoms with E-state index in [2.05, 4.69) is 15.2 Å². The molecular weight excluding hydrogens is 430 g/mol. The van der Waals surface area contributed by atoms with Crippen molar-refractivity contribution in [3.63, 3.8) is 0 Å². The van der Waals surface area contributed by atoms with E-state index in [0.717, 1.165) is 15.8 Å². The Morgan fingerprint density at radius 2 is 1.93 bits per heavy atom. The van der Waals surface area contributed by atoms with E-state index in [-0.39, 0.29) is 5.69 Å². The molecule has 0 saturated heterocycles. The number of rotatable bonds is 6. The topological polar surface area (TPSA) is 125 Å². The lowest BCUT2D eigenvalue weighted by atomic mass is 10.2. The Kier molecular flexibility index (Phi) is 5.26. The molecule has 2 heterocycles. The lowest BCUT2D eigenvalue weighted by Crippen LogP contribution is -2.18. The molecule has 1 amide bonds. The molecule has 0 aliphatic heterocycles. The number of aromatic nitrogens is 3. The van der Waals surface area contributed by atoms with Crippen LogP contribution in [0.3, 0.4) is 0 Å². The summed E-state index contributed by atoms with van der Waals surface area (Å²) in [5.41, 5.74) is 8.26. The highest BCUT2D eigenvalue weighted by Crippen LogP contribution is 2.41. The summed E-state index contributed by atoms with van der Waals surface area (Å²) in [5.74, 6) is -0.501. The van der Waals surface area contributed by atoms with Crippen molar-refractivity contribution in [2.75, 3.05) is 0 Å². The summed E-state index contributed by atoms with van der Waals surface area (Å²) in [5, 5.41) is 19.6. The molecule has 29 heavy (non-hydrogen) atoms. The van der Waals surface area contributed by atoms with Crippen LogP contribution in [-0.2, 0) is 4.79 Å². The third kappa shape index (κ3) is 3.97. The number of carbonyl (C=O) groups excluding carboxylic acids is 1. The molecule has 4 rings (SSSR count). The molecule has 11 heteroatoms. The molecule has 0 radical (unpaired) electrons. The number of hydrogen-bond donors (Lipinski definition) is 1. The van der Waals surface area contributed by atoms with Crippen LogP contribution >= 0.6 is 34.4 Å². The van der Waals surface area contributed by atoms with Crippen LogP contribution in [0, 0.1) is 17.0 Å². The van der Waals surface area contributed by atoms with Crippen LogP contribution in [-0.4, -0.2) is 26.0 Å². The Labute approximate surface area is 177 Å². The summed E-state index contributed by atoms with van der Waals surface area (Å²) in [6, 6.07) is 12.0. The highest BCUT2D eigenvalue weighted by molar-refractivity contribution is 8.02. The average Bonchev–Trinajstić information content (AvgIpc) is 3.33. The second-order valence-electron chi connectivity index (χ2n) is 6.05. The molecule has 2 aromatic heterocycles. The van der Waals surface area contributed by atoms with Gasteiger partial charge in [-0.3, -0.25) is 14.9 Å². The first-order valence-corrected chi connectivity index (χ1v) is 10.8. The summed E-state index contributed by atoms with van der Waals surface area (Å²) in [6.07, 6.45) is 0. The highest BCUT2D eigenvalue weighted by Gasteiger charge is 2.26. The molecular formula is C18H13N5O3S3.